The number of anilines is 2. The summed E-state index contributed by atoms with van der Waals surface area (Å²) >= 11 is 1.58. The van der Waals surface area contributed by atoms with Gasteiger partial charge in [-0.3, -0.25) is 9.69 Å². The number of amides is 1. The van der Waals surface area contributed by atoms with Crippen LogP contribution in [0, 0.1) is 0 Å². The first-order valence-corrected chi connectivity index (χ1v) is 9.52. The molecular weight excluding hydrogens is 336 g/mol. The number of hydrogen-bond acceptors (Lipinski definition) is 6. The van der Waals surface area contributed by atoms with Gasteiger partial charge in [0.05, 0.1) is 29.1 Å². The molecule has 1 fully saturated rings. The van der Waals surface area contributed by atoms with E-state index in [2.05, 4.69) is 27.1 Å². The van der Waals surface area contributed by atoms with E-state index in [1.807, 2.05) is 26.0 Å². The highest BCUT2D eigenvalue weighted by Gasteiger charge is 2.26. The lowest BCUT2D eigenvalue weighted by Crippen LogP contribution is -2.38. The number of ether oxygens (including phenoxy) is 1. The average Bonchev–Trinajstić information content (AvgIpc) is 3.18. The maximum absolute atomic E-state index is 11.8. The van der Waals surface area contributed by atoms with E-state index in [9.17, 15) is 4.79 Å². The van der Waals surface area contributed by atoms with Gasteiger partial charge in [0.1, 0.15) is 0 Å². The van der Waals surface area contributed by atoms with Gasteiger partial charge in [-0.05, 0) is 12.1 Å². The number of aromatic nitrogens is 1. The van der Waals surface area contributed by atoms with Crippen LogP contribution in [0.5, 0.6) is 0 Å². The van der Waals surface area contributed by atoms with Gasteiger partial charge >= 0.3 is 0 Å². The highest BCUT2D eigenvalue weighted by molar-refractivity contribution is 7.22. The summed E-state index contributed by atoms with van der Waals surface area (Å²) < 4.78 is 6.37. The van der Waals surface area contributed by atoms with E-state index in [1.54, 1.807) is 11.3 Å². The second kappa shape index (κ2) is 7.95. The van der Waals surface area contributed by atoms with Gasteiger partial charge in [0.25, 0.3) is 5.91 Å². The Morgan fingerprint density at radius 2 is 2.12 bits per heavy atom. The molecule has 0 bridgehead atoms. The van der Waals surface area contributed by atoms with Crippen molar-refractivity contribution in [3.05, 3.63) is 24.3 Å². The number of benzene rings is 1. The van der Waals surface area contributed by atoms with Crippen molar-refractivity contribution in [2.45, 2.75) is 13.8 Å². The highest BCUT2D eigenvalue weighted by Crippen LogP contribution is 2.40. The standard InChI is InChI=1S/C16H18N4O2S.C2H6/c1-10-13-11(18-15(10)21)2-3-12-14(13)23-16(19-12)17-4-5-20-6-8-22-9-7-20;1-2/h2-3H,1,4-9H2,(H,17,19)(H,18,21);1-2H3. The lowest BCUT2D eigenvalue weighted by atomic mass is 10.1. The van der Waals surface area contributed by atoms with Crippen molar-refractivity contribution in [1.82, 2.24) is 9.88 Å². The molecule has 25 heavy (non-hydrogen) atoms. The molecule has 2 aliphatic rings. The topological polar surface area (TPSA) is 66.5 Å². The normalized spacial score (nSPS) is 17.0. The van der Waals surface area contributed by atoms with Gasteiger partial charge in [-0.1, -0.05) is 31.8 Å². The maximum atomic E-state index is 11.8. The van der Waals surface area contributed by atoms with Crippen LogP contribution in [0.1, 0.15) is 19.4 Å². The SMILES string of the molecule is C=C1C(=O)Nc2ccc3nc(NCCN4CCOCC4)sc3c21.CC. The first-order chi connectivity index (χ1) is 12.2. The smallest absolute Gasteiger partial charge is 0.255 e. The molecule has 1 aromatic carbocycles. The molecule has 7 heteroatoms. The van der Waals surface area contributed by atoms with Gasteiger partial charge in [-0.2, -0.15) is 0 Å². The molecule has 1 saturated heterocycles. The molecule has 0 saturated carbocycles. The molecule has 0 radical (unpaired) electrons. The number of nitrogens with zero attached hydrogens (tertiary/aromatic N) is 2. The number of carbonyl (C=O) groups is 1. The summed E-state index contributed by atoms with van der Waals surface area (Å²) in [6.45, 7) is 13.3. The van der Waals surface area contributed by atoms with Crippen molar-refractivity contribution in [3.8, 4) is 0 Å². The first-order valence-electron chi connectivity index (χ1n) is 8.70. The Bertz CT molecular complexity index is 781. The monoisotopic (exact) mass is 360 g/mol. The van der Waals surface area contributed by atoms with Crippen molar-refractivity contribution in [2.75, 3.05) is 50.0 Å². The number of hydrogen-bond donors (Lipinski definition) is 2. The van der Waals surface area contributed by atoms with Gasteiger partial charge in [0.2, 0.25) is 0 Å². The quantitative estimate of drug-likeness (QED) is 0.821. The zero-order chi connectivity index (χ0) is 17.8. The van der Waals surface area contributed by atoms with Crippen LogP contribution in [-0.4, -0.2) is 55.2 Å². The Labute approximate surface area is 151 Å². The fourth-order valence-electron chi connectivity index (χ4n) is 2.93. The molecule has 4 rings (SSSR count). The Kier molecular flexibility index (Phi) is 5.67. The third kappa shape index (κ3) is 3.68. The van der Waals surface area contributed by atoms with Crippen molar-refractivity contribution in [1.29, 1.82) is 0 Å². The minimum absolute atomic E-state index is 0.122. The number of carbonyl (C=O) groups excluding carboxylic acids is 1. The van der Waals surface area contributed by atoms with Gasteiger partial charge in [-0.15, -0.1) is 0 Å². The zero-order valence-corrected chi connectivity index (χ0v) is 15.5. The van der Waals surface area contributed by atoms with Crippen LogP contribution in [-0.2, 0) is 9.53 Å². The Balaban J connectivity index is 0.000000880. The summed E-state index contributed by atoms with van der Waals surface area (Å²) in [4.78, 5) is 18.8. The van der Waals surface area contributed by atoms with Crippen LogP contribution in [0.25, 0.3) is 15.8 Å². The van der Waals surface area contributed by atoms with E-state index < -0.39 is 0 Å². The molecule has 1 amide bonds. The average molecular weight is 360 g/mol. The van der Waals surface area contributed by atoms with E-state index >= 15 is 0 Å². The zero-order valence-electron chi connectivity index (χ0n) is 14.7. The Morgan fingerprint density at radius 1 is 1.36 bits per heavy atom. The lowest BCUT2D eigenvalue weighted by Gasteiger charge is -2.26. The molecule has 0 aliphatic carbocycles. The maximum Gasteiger partial charge on any atom is 0.255 e. The molecule has 3 heterocycles. The number of morpholine rings is 1. The van der Waals surface area contributed by atoms with Crippen molar-refractivity contribution < 1.29 is 9.53 Å². The summed E-state index contributed by atoms with van der Waals surface area (Å²) in [5.74, 6) is -0.122. The van der Waals surface area contributed by atoms with Gasteiger partial charge < -0.3 is 15.4 Å². The predicted molar refractivity (Wildman–Crippen MR) is 104 cm³/mol. The van der Waals surface area contributed by atoms with E-state index in [-0.39, 0.29) is 5.91 Å². The Morgan fingerprint density at radius 3 is 2.88 bits per heavy atom. The van der Waals surface area contributed by atoms with Gasteiger partial charge in [0, 0.05) is 37.3 Å². The molecule has 134 valence electrons. The summed E-state index contributed by atoms with van der Waals surface area (Å²) in [7, 11) is 0. The number of thiazole rings is 1. The van der Waals surface area contributed by atoms with E-state index in [1.165, 1.54) is 0 Å². The summed E-state index contributed by atoms with van der Waals surface area (Å²) in [5.41, 5.74) is 3.15. The Hall–Kier alpha value is -1.96. The van der Waals surface area contributed by atoms with Crippen LogP contribution in [0.2, 0.25) is 0 Å². The summed E-state index contributed by atoms with van der Waals surface area (Å²) in [6, 6.07) is 3.83. The fraction of sp³-hybridized carbons (Fsp3) is 0.444. The third-order valence-corrected chi connectivity index (χ3v) is 5.24. The molecule has 2 aliphatic heterocycles. The van der Waals surface area contributed by atoms with Crippen LogP contribution >= 0.6 is 11.3 Å². The molecule has 1 aromatic heterocycles. The van der Waals surface area contributed by atoms with Crippen LogP contribution in [0.4, 0.5) is 10.8 Å². The minimum Gasteiger partial charge on any atom is -0.379 e. The van der Waals surface area contributed by atoms with E-state index in [0.29, 0.717) is 5.57 Å². The van der Waals surface area contributed by atoms with Gasteiger partial charge in [-0.25, -0.2) is 4.98 Å². The van der Waals surface area contributed by atoms with Crippen molar-refractivity contribution in [3.63, 3.8) is 0 Å². The third-order valence-electron chi connectivity index (χ3n) is 4.19. The number of nitrogens with one attached hydrogen (secondary N) is 2. The molecule has 0 unspecified atom stereocenters. The summed E-state index contributed by atoms with van der Waals surface area (Å²) in [5, 5.41) is 7.11. The molecule has 2 aromatic rings. The summed E-state index contributed by atoms with van der Waals surface area (Å²) in [6.07, 6.45) is 0. The largest absolute Gasteiger partial charge is 0.379 e. The predicted octanol–water partition coefficient (Wildman–Crippen LogP) is 3.03. The van der Waals surface area contributed by atoms with Crippen molar-refractivity contribution in [2.24, 2.45) is 0 Å². The lowest BCUT2D eigenvalue weighted by molar-refractivity contribution is -0.110. The molecule has 0 atom stereocenters. The van der Waals surface area contributed by atoms with Gasteiger partial charge in [0.15, 0.2) is 5.13 Å². The van der Waals surface area contributed by atoms with Crippen molar-refractivity contribution >= 4 is 43.9 Å². The fourth-order valence-corrected chi connectivity index (χ4v) is 3.99. The second-order valence-electron chi connectivity index (χ2n) is 5.67. The van der Waals surface area contributed by atoms with Crippen LogP contribution in [0.3, 0.4) is 0 Å². The molecular formula is C18H24N4O2S. The molecule has 6 nitrogen and oxygen atoms in total. The number of rotatable bonds is 4. The number of fused-ring (bicyclic) bond motifs is 3. The van der Waals surface area contributed by atoms with Crippen LogP contribution < -0.4 is 10.6 Å². The first kappa shape index (κ1) is 17.8. The molecule has 0 spiro atoms. The molecule has 2 N–H and O–H groups in total. The van der Waals surface area contributed by atoms with E-state index in [4.69, 9.17) is 4.74 Å². The highest BCUT2D eigenvalue weighted by atomic mass is 32.1. The second-order valence-corrected chi connectivity index (χ2v) is 6.67. The minimum atomic E-state index is -0.122. The van der Waals surface area contributed by atoms with Crippen LogP contribution in [0.15, 0.2) is 18.7 Å². The van der Waals surface area contributed by atoms with E-state index in [0.717, 1.165) is 66.0 Å².